The molecule has 0 aliphatic carbocycles. The molecule has 28 heavy (non-hydrogen) atoms. The second-order valence-electron chi connectivity index (χ2n) is 5.78. The van der Waals surface area contributed by atoms with E-state index in [0.29, 0.717) is 17.9 Å². The first kappa shape index (κ1) is 18.3. The maximum atomic E-state index is 12.7. The number of nitrogens with zero attached hydrogens (tertiary/aromatic N) is 4. The van der Waals surface area contributed by atoms with E-state index in [0.717, 1.165) is 27.0 Å². The lowest BCUT2D eigenvalue weighted by atomic mass is 10.1. The molecule has 0 aliphatic rings. The molecular weight excluding hydrogens is 392 g/mol. The van der Waals surface area contributed by atoms with Crippen molar-refractivity contribution in [3.05, 3.63) is 76.6 Å². The predicted molar refractivity (Wildman–Crippen MR) is 109 cm³/mol. The number of carbonyl (C=O) groups excluding carboxylic acids is 1. The van der Waals surface area contributed by atoms with Crippen LogP contribution >= 0.6 is 23.1 Å². The van der Waals surface area contributed by atoms with Crippen molar-refractivity contribution < 1.29 is 4.79 Å². The number of nitrogens with one attached hydrogen (secondary N) is 2. The minimum absolute atomic E-state index is 0.116. The number of thiazole rings is 1. The molecule has 1 aromatic carbocycles. The molecule has 9 heteroatoms. The lowest BCUT2D eigenvalue weighted by Crippen LogP contribution is -2.23. The van der Waals surface area contributed by atoms with E-state index < -0.39 is 0 Å². The minimum Gasteiger partial charge on any atom is -0.346 e. The number of benzene rings is 1. The van der Waals surface area contributed by atoms with Crippen molar-refractivity contribution in [3.63, 3.8) is 0 Å². The standard InChI is InChI=1S/C19H16N6OS2/c26-18(15-4-2-1-3-14(15)10-28-19-22-12-23-25-19)21-9-17-24-16(11-27-17)13-5-7-20-8-6-13/h1-8,11-12H,9-10H2,(H,21,26)(H,22,23,25). The summed E-state index contributed by atoms with van der Waals surface area (Å²) in [7, 11) is 0. The van der Waals surface area contributed by atoms with Crippen molar-refractivity contribution in [2.24, 2.45) is 0 Å². The highest BCUT2D eigenvalue weighted by atomic mass is 32.2. The van der Waals surface area contributed by atoms with Gasteiger partial charge in [-0.05, 0) is 23.8 Å². The van der Waals surface area contributed by atoms with Crippen LogP contribution in [0.1, 0.15) is 20.9 Å². The van der Waals surface area contributed by atoms with E-state index in [4.69, 9.17) is 0 Å². The zero-order valence-corrected chi connectivity index (χ0v) is 16.3. The van der Waals surface area contributed by atoms with Crippen LogP contribution in [-0.2, 0) is 12.3 Å². The number of thioether (sulfide) groups is 1. The molecule has 4 aromatic rings. The molecule has 0 saturated carbocycles. The van der Waals surface area contributed by atoms with Gasteiger partial charge in [-0.1, -0.05) is 30.0 Å². The first-order valence-electron chi connectivity index (χ1n) is 8.48. The van der Waals surface area contributed by atoms with Gasteiger partial charge in [0, 0.05) is 34.7 Å². The maximum Gasteiger partial charge on any atom is 0.251 e. The molecule has 4 rings (SSSR count). The van der Waals surface area contributed by atoms with E-state index >= 15 is 0 Å². The Morgan fingerprint density at radius 3 is 2.86 bits per heavy atom. The number of hydrogen-bond acceptors (Lipinski definition) is 7. The molecule has 0 spiro atoms. The van der Waals surface area contributed by atoms with E-state index in [2.05, 4.69) is 30.5 Å². The second-order valence-corrected chi connectivity index (χ2v) is 7.69. The number of aromatic nitrogens is 5. The Bertz CT molecular complexity index is 1050. The number of pyridine rings is 1. The Kier molecular flexibility index (Phi) is 5.74. The largest absolute Gasteiger partial charge is 0.346 e. The first-order valence-corrected chi connectivity index (χ1v) is 10.3. The molecule has 140 valence electrons. The van der Waals surface area contributed by atoms with Gasteiger partial charge < -0.3 is 5.32 Å². The minimum atomic E-state index is -0.116. The van der Waals surface area contributed by atoms with Gasteiger partial charge in [0.2, 0.25) is 0 Å². The quantitative estimate of drug-likeness (QED) is 0.454. The summed E-state index contributed by atoms with van der Waals surface area (Å²) in [5, 5.41) is 13.2. The molecule has 0 unspecified atom stereocenters. The molecular formula is C19H16N6OS2. The summed E-state index contributed by atoms with van der Waals surface area (Å²) in [5.41, 5.74) is 3.50. The third-order valence-electron chi connectivity index (χ3n) is 3.95. The highest BCUT2D eigenvalue weighted by molar-refractivity contribution is 7.98. The SMILES string of the molecule is O=C(NCc1nc(-c2ccncc2)cs1)c1ccccc1CSc1ncn[nH]1. The zero-order valence-electron chi connectivity index (χ0n) is 14.7. The molecule has 3 heterocycles. The topological polar surface area (TPSA) is 96.5 Å². The van der Waals surface area contributed by atoms with Crippen molar-refractivity contribution >= 4 is 29.0 Å². The zero-order chi connectivity index (χ0) is 19.2. The Morgan fingerprint density at radius 2 is 2.04 bits per heavy atom. The van der Waals surface area contributed by atoms with E-state index in [-0.39, 0.29) is 5.91 Å². The monoisotopic (exact) mass is 408 g/mol. The van der Waals surface area contributed by atoms with Crippen LogP contribution < -0.4 is 5.32 Å². The number of H-pyrrole nitrogens is 1. The lowest BCUT2D eigenvalue weighted by molar-refractivity contribution is 0.0950. The van der Waals surface area contributed by atoms with Gasteiger partial charge in [-0.3, -0.25) is 14.9 Å². The van der Waals surface area contributed by atoms with E-state index in [1.165, 1.54) is 29.4 Å². The third-order valence-corrected chi connectivity index (χ3v) is 5.72. The Hall–Kier alpha value is -3.04. The van der Waals surface area contributed by atoms with Gasteiger partial charge in [-0.2, -0.15) is 5.10 Å². The average molecular weight is 409 g/mol. The number of hydrogen-bond donors (Lipinski definition) is 2. The Labute approximate surface area is 169 Å². The smallest absolute Gasteiger partial charge is 0.251 e. The van der Waals surface area contributed by atoms with Crippen LogP contribution in [-0.4, -0.2) is 31.1 Å². The molecule has 2 N–H and O–H groups in total. The van der Waals surface area contributed by atoms with Crippen LogP contribution in [0, 0.1) is 0 Å². The van der Waals surface area contributed by atoms with Crippen LogP contribution in [0.15, 0.2) is 65.7 Å². The van der Waals surface area contributed by atoms with Gasteiger partial charge in [0.15, 0.2) is 5.16 Å². The van der Waals surface area contributed by atoms with Crippen molar-refractivity contribution in [2.45, 2.75) is 17.5 Å². The van der Waals surface area contributed by atoms with Crippen LogP contribution in [0.4, 0.5) is 0 Å². The van der Waals surface area contributed by atoms with Crippen molar-refractivity contribution in [1.29, 1.82) is 0 Å². The lowest BCUT2D eigenvalue weighted by Gasteiger charge is -2.08. The van der Waals surface area contributed by atoms with Crippen molar-refractivity contribution in [1.82, 2.24) is 30.5 Å². The molecule has 0 radical (unpaired) electrons. The fraction of sp³-hybridized carbons (Fsp3) is 0.105. The van der Waals surface area contributed by atoms with Gasteiger partial charge in [0.05, 0.1) is 12.2 Å². The summed E-state index contributed by atoms with van der Waals surface area (Å²) in [5.74, 6) is 0.511. The highest BCUT2D eigenvalue weighted by Crippen LogP contribution is 2.22. The highest BCUT2D eigenvalue weighted by Gasteiger charge is 2.13. The number of aromatic amines is 1. The number of rotatable bonds is 7. The predicted octanol–water partition coefficient (Wildman–Crippen LogP) is 3.55. The molecule has 1 amide bonds. The molecule has 0 aliphatic heterocycles. The summed E-state index contributed by atoms with van der Waals surface area (Å²) < 4.78 is 0. The van der Waals surface area contributed by atoms with Crippen LogP contribution in [0.3, 0.4) is 0 Å². The fourth-order valence-corrected chi connectivity index (χ4v) is 4.10. The third kappa shape index (κ3) is 4.44. The van der Waals surface area contributed by atoms with Gasteiger partial charge in [0.1, 0.15) is 11.3 Å². The summed E-state index contributed by atoms with van der Waals surface area (Å²) >= 11 is 3.03. The molecule has 0 saturated heterocycles. The van der Waals surface area contributed by atoms with Crippen molar-refractivity contribution in [2.75, 3.05) is 0 Å². The second kappa shape index (κ2) is 8.77. The Balaban J connectivity index is 1.40. The van der Waals surface area contributed by atoms with Gasteiger partial charge >= 0.3 is 0 Å². The number of carbonyl (C=O) groups is 1. The summed E-state index contributed by atoms with van der Waals surface area (Å²) in [6.45, 7) is 0.387. The van der Waals surface area contributed by atoms with E-state index in [1.807, 2.05) is 41.8 Å². The molecule has 7 nitrogen and oxygen atoms in total. The van der Waals surface area contributed by atoms with Gasteiger partial charge in [-0.15, -0.1) is 11.3 Å². The summed E-state index contributed by atoms with van der Waals surface area (Å²) in [4.78, 5) is 25.4. The van der Waals surface area contributed by atoms with Gasteiger partial charge in [-0.25, -0.2) is 9.97 Å². The molecule has 3 aromatic heterocycles. The van der Waals surface area contributed by atoms with Gasteiger partial charge in [0.25, 0.3) is 5.91 Å². The molecule has 0 fully saturated rings. The normalized spacial score (nSPS) is 10.7. The van der Waals surface area contributed by atoms with Crippen LogP contribution in [0.5, 0.6) is 0 Å². The summed E-state index contributed by atoms with van der Waals surface area (Å²) in [6, 6.07) is 11.4. The number of amides is 1. The van der Waals surface area contributed by atoms with Crippen LogP contribution in [0.2, 0.25) is 0 Å². The summed E-state index contributed by atoms with van der Waals surface area (Å²) in [6.07, 6.45) is 4.95. The molecule has 0 bridgehead atoms. The molecule has 0 atom stereocenters. The van der Waals surface area contributed by atoms with E-state index in [1.54, 1.807) is 12.4 Å². The maximum absolute atomic E-state index is 12.7. The van der Waals surface area contributed by atoms with Crippen molar-refractivity contribution in [3.8, 4) is 11.3 Å². The van der Waals surface area contributed by atoms with E-state index in [9.17, 15) is 4.79 Å². The van der Waals surface area contributed by atoms with Crippen LogP contribution in [0.25, 0.3) is 11.3 Å². The first-order chi connectivity index (χ1) is 13.8. The average Bonchev–Trinajstić information content (AvgIpc) is 3.43. The fourth-order valence-electron chi connectivity index (χ4n) is 2.58. The Morgan fingerprint density at radius 1 is 1.18 bits per heavy atom.